The molecule has 0 aliphatic carbocycles. The first-order valence-corrected chi connectivity index (χ1v) is 9.57. The Bertz CT molecular complexity index is 520. The van der Waals surface area contributed by atoms with Crippen LogP contribution in [0, 0.1) is 0 Å². The highest BCUT2D eigenvalue weighted by molar-refractivity contribution is 7.89. The van der Waals surface area contributed by atoms with E-state index in [4.69, 9.17) is 0 Å². The van der Waals surface area contributed by atoms with Crippen molar-refractivity contribution in [1.29, 1.82) is 0 Å². The summed E-state index contributed by atoms with van der Waals surface area (Å²) < 4.78 is 25.8. The van der Waals surface area contributed by atoms with Crippen molar-refractivity contribution in [2.75, 3.05) is 30.3 Å². The van der Waals surface area contributed by atoms with Gasteiger partial charge in [-0.25, -0.2) is 13.1 Å². The number of nitrogens with zero attached hydrogens (tertiary/aromatic N) is 1. The zero-order valence-electron chi connectivity index (χ0n) is 12.8. The Balaban J connectivity index is 1.82. The molecule has 1 fully saturated rings. The van der Waals surface area contributed by atoms with E-state index in [1.54, 1.807) is 0 Å². The highest BCUT2D eigenvalue weighted by Gasteiger charge is 2.11. The van der Waals surface area contributed by atoms with Crippen LogP contribution in [0.1, 0.15) is 38.2 Å². The first kappa shape index (κ1) is 16.3. The van der Waals surface area contributed by atoms with Gasteiger partial charge in [0.1, 0.15) is 0 Å². The maximum absolute atomic E-state index is 11.6. The van der Waals surface area contributed by atoms with Crippen LogP contribution >= 0.6 is 0 Å². The number of hydrogen-bond donors (Lipinski definition) is 1. The summed E-state index contributed by atoms with van der Waals surface area (Å²) in [6.07, 6.45) is 5.29. The third kappa shape index (κ3) is 5.32. The molecule has 0 amide bonds. The van der Waals surface area contributed by atoms with Gasteiger partial charge in [0.05, 0.1) is 5.75 Å². The number of hydrogen-bond acceptors (Lipinski definition) is 3. The van der Waals surface area contributed by atoms with Crippen LogP contribution in [-0.4, -0.2) is 33.8 Å². The van der Waals surface area contributed by atoms with E-state index in [0.717, 1.165) is 19.5 Å². The van der Waals surface area contributed by atoms with E-state index in [1.165, 1.54) is 30.5 Å². The van der Waals surface area contributed by atoms with Crippen LogP contribution in [0.5, 0.6) is 0 Å². The number of piperidine rings is 1. The number of rotatable bonds is 7. The van der Waals surface area contributed by atoms with Crippen LogP contribution in [0.25, 0.3) is 0 Å². The zero-order valence-corrected chi connectivity index (χ0v) is 13.7. The summed E-state index contributed by atoms with van der Waals surface area (Å²) in [6, 6.07) is 8.53. The quantitative estimate of drug-likeness (QED) is 0.842. The second-order valence-corrected chi connectivity index (χ2v) is 7.60. The molecule has 0 unspecified atom stereocenters. The largest absolute Gasteiger partial charge is 0.372 e. The predicted molar refractivity (Wildman–Crippen MR) is 88.3 cm³/mol. The molecule has 1 heterocycles. The summed E-state index contributed by atoms with van der Waals surface area (Å²) in [6.45, 7) is 4.65. The highest BCUT2D eigenvalue weighted by atomic mass is 32.2. The third-order valence-corrected chi connectivity index (χ3v) is 5.46. The lowest BCUT2D eigenvalue weighted by Gasteiger charge is -2.28. The molecular formula is C16H26N2O2S. The lowest BCUT2D eigenvalue weighted by Crippen LogP contribution is -2.29. The van der Waals surface area contributed by atoms with Crippen molar-refractivity contribution in [1.82, 2.24) is 4.72 Å². The van der Waals surface area contributed by atoms with Gasteiger partial charge in [-0.3, -0.25) is 0 Å². The third-order valence-electron chi connectivity index (χ3n) is 3.87. The number of anilines is 1. The van der Waals surface area contributed by atoms with Gasteiger partial charge in [0.2, 0.25) is 10.0 Å². The van der Waals surface area contributed by atoms with Crippen LogP contribution in [0.15, 0.2) is 24.3 Å². The highest BCUT2D eigenvalue weighted by Crippen LogP contribution is 2.20. The Morgan fingerprint density at radius 2 is 1.76 bits per heavy atom. The lowest BCUT2D eigenvalue weighted by atomic mass is 10.1. The molecule has 2 rings (SSSR count). The van der Waals surface area contributed by atoms with E-state index < -0.39 is 10.0 Å². The molecule has 0 saturated carbocycles. The first-order valence-electron chi connectivity index (χ1n) is 7.92. The second-order valence-electron chi connectivity index (χ2n) is 5.68. The fourth-order valence-corrected chi connectivity index (χ4v) is 3.81. The molecule has 1 aliphatic rings. The molecule has 0 radical (unpaired) electrons. The minimum atomic E-state index is -3.09. The molecule has 0 atom stereocenters. The van der Waals surface area contributed by atoms with Gasteiger partial charge in [-0.2, -0.15) is 0 Å². The van der Waals surface area contributed by atoms with E-state index in [9.17, 15) is 8.42 Å². The van der Waals surface area contributed by atoms with E-state index in [1.807, 2.05) is 6.92 Å². The topological polar surface area (TPSA) is 49.4 Å². The summed E-state index contributed by atoms with van der Waals surface area (Å²) in [5.41, 5.74) is 2.46. The molecule has 1 aromatic carbocycles. The van der Waals surface area contributed by atoms with Gasteiger partial charge in [-0.1, -0.05) is 19.1 Å². The minimum Gasteiger partial charge on any atom is -0.372 e. The van der Waals surface area contributed by atoms with Crippen LogP contribution in [0.3, 0.4) is 0 Å². The van der Waals surface area contributed by atoms with Gasteiger partial charge in [0, 0.05) is 25.3 Å². The van der Waals surface area contributed by atoms with Crippen molar-refractivity contribution in [3.05, 3.63) is 29.8 Å². The van der Waals surface area contributed by atoms with Crippen LogP contribution in [0.2, 0.25) is 0 Å². The van der Waals surface area contributed by atoms with Gasteiger partial charge in [0.25, 0.3) is 0 Å². The smallest absolute Gasteiger partial charge is 0.211 e. The van der Waals surface area contributed by atoms with E-state index >= 15 is 0 Å². The molecule has 1 saturated heterocycles. The molecular weight excluding hydrogens is 284 g/mol. The molecule has 118 valence electrons. The van der Waals surface area contributed by atoms with Crippen molar-refractivity contribution in [3.8, 4) is 0 Å². The van der Waals surface area contributed by atoms with E-state index in [2.05, 4.69) is 33.9 Å². The Morgan fingerprint density at radius 3 is 2.38 bits per heavy atom. The van der Waals surface area contributed by atoms with Gasteiger partial charge < -0.3 is 4.90 Å². The van der Waals surface area contributed by atoms with Gasteiger partial charge >= 0.3 is 0 Å². The van der Waals surface area contributed by atoms with Crippen LogP contribution < -0.4 is 9.62 Å². The first-order chi connectivity index (χ1) is 10.1. The summed E-state index contributed by atoms with van der Waals surface area (Å²) in [5.74, 6) is 0.209. The summed E-state index contributed by atoms with van der Waals surface area (Å²) in [5, 5.41) is 0. The molecule has 0 bridgehead atoms. The normalized spacial score (nSPS) is 16.1. The van der Waals surface area contributed by atoms with Gasteiger partial charge in [0.15, 0.2) is 0 Å². The fourth-order valence-electron chi connectivity index (χ4n) is 2.72. The maximum atomic E-state index is 11.6. The van der Waals surface area contributed by atoms with Gasteiger partial charge in [-0.05, 0) is 49.8 Å². The van der Waals surface area contributed by atoms with Crippen LogP contribution in [0.4, 0.5) is 5.69 Å². The molecule has 1 N–H and O–H groups in total. The fraction of sp³-hybridized carbons (Fsp3) is 0.625. The van der Waals surface area contributed by atoms with Crippen molar-refractivity contribution in [3.63, 3.8) is 0 Å². The maximum Gasteiger partial charge on any atom is 0.211 e. The molecule has 1 aliphatic heterocycles. The molecule has 1 aromatic rings. The molecule has 5 heteroatoms. The Hall–Kier alpha value is -1.07. The Morgan fingerprint density at radius 1 is 1.10 bits per heavy atom. The molecule has 21 heavy (non-hydrogen) atoms. The van der Waals surface area contributed by atoms with Crippen LogP contribution in [-0.2, 0) is 16.4 Å². The van der Waals surface area contributed by atoms with E-state index in [-0.39, 0.29) is 5.75 Å². The van der Waals surface area contributed by atoms with Gasteiger partial charge in [-0.15, -0.1) is 0 Å². The van der Waals surface area contributed by atoms with Crippen molar-refractivity contribution in [2.24, 2.45) is 0 Å². The molecule has 4 nitrogen and oxygen atoms in total. The lowest BCUT2D eigenvalue weighted by molar-refractivity contribution is 0.577. The predicted octanol–water partition coefficient (Wildman–Crippen LogP) is 2.55. The second kappa shape index (κ2) is 7.80. The zero-order chi connectivity index (χ0) is 15.1. The minimum absolute atomic E-state index is 0.209. The van der Waals surface area contributed by atoms with Crippen molar-refractivity contribution >= 4 is 15.7 Å². The standard InChI is InChI=1S/C16H26N2O2S/c1-2-14-21(19,20)17-11-10-15-6-8-16(9-7-15)18-12-4-3-5-13-18/h6-9,17H,2-5,10-14H2,1H3. The number of benzene rings is 1. The average molecular weight is 310 g/mol. The molecule has 0 spiro atoms. The Labute approximate surface area is 128 Å². The SMILES string of the molecule is CCCS(=O)(=O)NCCc1ccc(N2CCCCC2)cc1. The van der Waals surface area contributed by atoms with E-state index in [0.29, 0.717) is 13.0 Å². The number of sulfonamides is 1. The van der Waals surface area contributed by atoms with Crippen molar-refractivity contribution in [2.45, 2.75) is 39.0 Å². The number of nitrogens with one attached hydrogen (secondary N) is 1. The summed E-state index contributed by atoms with van der Waals surface area (Å²) in [7, 11) is -3.09. The van der Waals surface area contributed by atoms with Crippen molar-refractivity contribution < 1.29 is 8.42 Å². The average Bonchev–Trinajstić information content (AvgIpc) is 2.48. The Kier molecular flexibility index (Phi) is 6.06. The monoisotopic (exact) mass is 310 g/mol. The summed E-state index contributed by atoms with van der Waals surface area (Å²) in [4.78, 5) is 2.43. The molecule has 0 aromatic heterocycles. The summed E-state index contributed by atoms with van der Waals surface area (Å²) >= 11 is 0.